The minimum atomic E-state index is -0.709. The van der Waals surface area contributed by atoms with Crippen molar-refractivity contribution >= 4 is 28.7 Å². The second kappa shape index (κ2) is 3.97. The van der Waals surface area contributed by atoms with Crippen molar-refractivity contribution in [3.05, 3.63) is 11.1 Å². The number of carbonyl (C=O) groups is 1. The van der Waals surface area contributed by atoms with Gasteiger partial charge in [0.25, 0.3) is 0 Å². The summed E-state index contributed by atoms with van der Waals surface area (Å²) in [6, 6.07) is -0.709. The Hall–Kier alpha value is -1.47. The lowest BCUT2D eigenvalue weighted by atomic mass is 10.3. The molecular formula is C6H9N5OS. The maximum Gasteiger partial charge on any atom is 0.212 e. The van der Waals surface area contributed by atoms with E-state index in [0.717, 1.165) is 0 Å². The molecule has 1 aromatic rings. The van der Waals surface area contributed by atoms with Gasteiger partial charge >= 0.3 is 0 Å². The zero-order chi connectivity index (χ0) is 9.84. The van der Waals surface area contributed by atoms with E-state index in [0.29, 0.717) is 17.1 Å². The molecule has 6 nitrogen and oxygen atoms in total. The zero-order valence-corrected chi connectivity index (χ0v) is 7.49. The van der Waals surface area contributed by atoms with E-state index in [1.165, 1.54) is 11.3 Å². The minimum Gasteiger partial charge on any atom is -0.370 e. The average molecular weight is 199 g/mol. The van der Waals surface area contributed by atoms with Crippen LogP contribution in [0.4, 0.5) is 5.13 Å². The van der Waals surface area contributed by atoms with E-state index in [1.54, 1.807) is 5.38 Å². The number of hydrogen-bond donors (Lipinski definition) is 3. The van der Waals surface area contributed by atoms with Gasteiger partial charge < -0.3 is 22.0 Å². The van der Waals surface area contributed by atoms with E-state index in [2.05, 4.69) is 9.98 Å². The third kappa shape index (κ3) is 2.49. The normalized spacial score (nSPS) is 12.1. The number of aliphatic imine (C=N–C) groups is 1. The van der Waals surface area contributed by atoms with Crippen LogP contribution < -0.4 is 17.2 Å². The highest BCUT2D eigenvalue weighted by Crippen LogP contribution is 2.20. The predicted octanol–water partition coefficient (Wildman–Crippen LogP) is -0.753. The highest BCUT2D eigenvalue weighted by atomic mass is 32.1. The molecule has 0 amide bonds. The molecule has 1 heterocycles. The Labute approximate surface area is 78.5 Å². The third-order valence-electron chi connectivity index (χ3n) is 1.22. The Morgan fingerprint density at radius 2 is 2.38 bits per heavy atom. The van der Waals surface area contributed by atoms with E-state index >= 15 is 0 Å². The van der Waals surface area contributed by atoms with Crippen molar-refractivity contribution in [3.63, 3.8) is 0 Å². The maximum absolute atomic E-state index is 10.3. The molecule has 0 saturated carbocycles. The number of hydrogen-bond acceptors (Lipinski definition) is 5. The van der Waals surface area contributed by atoms with Crippen molar-refractivity contribution in [3.8, 4) is 0 Å². The summed E-state index contributed by atoms with van der Waals surface area (Å²) < 4.78 is 0. The van der Waals surface area contributed by atoms with Gasteiger partial charge in [0.2, 0.25) is 5.13 Å². The van der Waals surface area contributed by atoms with Crippen LogP contribution in [0.5, 0.6) is 0 Å². The zero-order valence-electron chi connectivity index (χ0n) is 6.68. The Kier molecular flexibility index (Phi) is 2.93. The largest absolute Gasteiger partial charge is 0.370 e. The number of nitrogens with zero attached hydrogens (tertiary/aromatic N) is 2. The molecule has 6 N–H and O–H groups in total. The number of guanidine groups is 1. The van der Waals surface area contributed by atoms with Crippen molar-refractivity contribution in [2.75, 3.05) is 0 Å². The fourth-order valence-electron chi connectivity index (χ4n) is 0.661. The first-order chi connectivity index (χ1) is 6.13. The molecule has 1 rings (SSSR count). The van der Waals surface area contributed by atoms with Crippen molar-refractivity contribution in [2.45, 2.75) is 6.04 Å². The topological polar surface area (TPSA) is 120 Å². The lowest BCUT2D eigenvalue weighted by Gasteiger charge is -1.95. The number of rotatable bonds is 3. The van der Waals surface area contributed by atoms with Gasteiger partial charge in [0.15, 0.2) is 5.96 Å². The van der Waals surface area contributed by atoms with Crippen LogP contribution in [0.2, 0.25) is 0 Å². The van der Waals surface area contributed by atoms with E-state index < -0.39 is 6.04 Å². The number of carbonyl (C=O) groups excluding carboxylic acids is 1. The van der Waals surface area contributed by atoms with Crippen LogP contribution in [0.25, 0.3) is 0 Å². The quantitative estimate of drug-likeness (QED) is 0.336. The Balaban J connectivity index is 2.86. The molecule has 70 valence electrons. The molecule has 0 bridgehead atoms. The summed E-state index contributed by atoms with van der Waals surface area (Å²) in [4.78, 5) is 17.9. The Morgan fingerprint density at radius 3 is 2.92 bits per heavy atom. The van der Waals surface area contributed by atoms with Gasteiger partial charge in [-0.25, -0.2) is 4.98 Å². The predicted molar refractivity (Wildman–Crippen MR) is 50.6 cm³/mol. The van der Waals surface area contributed by atoms with Crippen LogP contribution in [0.1, 0.15) is 11.7 Å². The lowest BCUT2D eigenvalue weighted by Crippen LogP contribution is -2.21. The molecule has 0 aromatic carbocycles. The highest BCUT2D eigenvalue weighted by molar-refractivity contribution is 7.13. The molecule has 13 heavy (non-hydrogen) atoms. The second-order valence-corrected chi connectivity index (χ2v) is 3.09. The molecule has 0 radical (unpaired) electrons. The molecule has 0 fully saturated rings. The summed E-state index contributed by atoms with van der Waals surface area (Å²) in [6.45, 7) is 0. The molecule has 0 aliphatic heterocycles. The highest BCUT2D eigenvalue weighted by Gasteiger charge is 2.08. The van der Waals surface area contributed by atoms with Gasteiger partial charge in [-0.1, -0.05) is 0 Å². The molecule has 0 aliphatic carbocycles. The molecule has 7 heteroatoms. The van der Waals surface area contributed by atoms with Crippen LogP contribution in [-0.4, -0.2) is 17.2 Å². The van der Waals surface area contributed by atoms with Crippen LogP contribution >= 0.6 is 11.3 Å². The summed E-state index contributed by atoms with van der Waals surface area (Å²) >= 11 is 1.22. The maximum atomic E-state index is 10.3. The first kappa shape index (κ1) is 9.62. The van der Waals surface area contributed by atoms with Crippen molar-refractivity contribution in [1.29, 1.82) is 0 Å². The summed E-state index contributed by atoms with van der Waals surface area (Å²) in [5.41, 5.74) is 16.1. The van der Waals surface area contributed by atoms with Crippen molar-refractivity contribution < 1.29 is 4.79 Å². The van der Waals surface area contributed by atoms with Crippen LogP contribution in [0.15, 0.2) is 10.4 Å². The summed E-state index contributed by atoms with van der Waals surface area (Å²) in [5.74, 6) is -0.0689. The van der Waals surface area contributed by atoms with Crippen LogP contribution in [0.3, 0.4) is 0 Å². The summed E-state index contributed by atoms with van der Waals surface area (Å²) in [5, 5.41) is 2.04. The smallest absolute Gasteiger partial charge is 0.212 e. The monoisotopic (exact) mass is 199 g/mol. The second-order valence-electron chi connectivity index (χ2n) is 2.25. The third-order valence-corrected chi connectivity index (χ3v) is 1.98. The van der Waals surface area contributed by atoms with Crippen molar-refractivity contribution in [1.82, 2.24) is 4.98 Å². The van der Waals surface area contributed by atoms with E-state index in [1.807, 2.05) is 0 Å². The van der Waals surface area contributed by atoms with Gasteiger partial charge in [0.1, 0.15) is 12.3 Å². The number of thiazole rings is 1. The van der Waals surface area contributed by atoms with Gasteiger partial charge in [-0.2, -0.15) is 4.99 Å². The molecule has 1 unspecified atom stereocenters. The molecule has 0 aliphatic rings. The summed E-state index contributed by atoms with van der Waals surface area (Å²) in [7, 11) is 0. The molecule has 1 atom stereocenters. The Bertz CT molecular complexity index is 330. The van der Waals surface area contributed by atoms with Crippen LogP contribution in [-0.2, 0) is 4.79 Å². The van der Waals surface area contributed by atoms with Crippen LogP contribution in [0, 0.1) is 0 Å². The van der Waals surface area contributed by atoms with E-state index in [9.17, 15) is 4.79 Å². The summed E-state index contributed by atoms with van der Waals surface area (Å²) in [6.07, 6.45) is 0.606. The molecule has 1 aromatic heterocycles. The fraction of sp³-hybridized carbons (Fsp3) is 0.167. The average Bonchev–Trinajstić information content (AvgIpc) is 2.50. The van der Waals surface area contributed by atoms with Crippen molar-refractivity contribution in [2.24, 2.45) is 22.2 Å². The lowest BCUT2D eigenvalue weighted by molar-refractivity contribution is -0.109. The van der Waals surface area contributed by atoms with Gasteiger partial charge in [0, 0.05) is 5.38 Å². The van der Waals surface area contributed by atoms with E-state index in [4.69, 9.17) is 17.2 Å². The molecule has 0 saturated heterocycles. The first-order valence-corrected chi connectivity index (χ1v) is 4.27. The minimum absolute atomic E-state index is 0.0689. The van der Waals surface area contributed by atoms with Gasteiger partial charge in [-0.15, -0.1) is 11.3 Å². The number of aromatic nitrogens is 1. The van der Waals surface area contributed by atoms with Gasteiger partial charge in [0.05, 0.1) is 5.69 Å². The fourth-order valence-corrected chi connectivity index (χ4v) is 1.41. The number of aldehydes is 1. The molecular weight excluding hydrogens is 190 g/mol. The number of nitrogens with two attached hydrogens (primary N) is 3. The van der Waals surface area contributed by atoms with E-state index in [-0.39, 0.29) is 5.96 Å². The Morgan fingerprint density at radius 1 is 1.69 bits per heavy atom. The first-order valence-electron chi connectivity index (χ1n) is 3.39. The van der Waals surface area contributed by atoms with Gasteiger partial charge in [-0.3, -0.25) is 0 Å². The SMILES string of the molecule is NC(N)=Nc1nc(C(N)C=O)cs1. The molecule has 0 spiro atoms. The standard InChI is InChI=1S/C6H9N5OS/c7-3(1-12)4-2-13-6(10-4)11-5(8)9/h1-3H,7H2,(H4,8,9,10,11). The van der Waals surface area contributed by atoms with Gasteiger partial charge in [-0.05, 0) is 0 Å².